The van der Waals surface area contributed by atoms with Gasteiger partial charge in [0.25, 0.3) is 0 Å². The van der Waals surface area contributed by atoms with Crippen LogP contribution in [-0.2, 0) is 6.42 Å². The van der Waals surface area contributed by atoms with Crippen LogP contribution in [0.3, 0.4) is 0 Å². The molecule has 1 saturated carbocycles. The van der Waals surface area contributed by atoms with Crippen LogP contribution in [0.5, 0.6) is 0 Å². The molecule has 1 atom stereocenters. The van der Waals surface area contributed by atoms with Crippen molar-refractivity contribution in [2.45, 2.75) is 52.4 Å². The van der Waals surface area contributed by atoms with Gasteiger partial charge in [0.15, 0.2) is 0 Å². The molecular formula is C16H23F. The van der Waals surface area contributed by atoms with Gasteiger partial charge in [-0.1, -0.05) is 45.7 Å². The van der Waals surface area contributed by atoms with Crippen LogP contribution in [0.4, 0.5) is 4.39 Å². The molecule has 17 heavy (non-hydrogen) atoms. The summed E-state index contributed by atoms with van der Waals surface area (Å²) in [4.78, 5) is 0. The highest BCUT2D eigenvalue weighted by Crippen LogP contribution is 2.34. The quantitative estimate of drug-likeness (QED) is 0.677. The van der Waals surface area contributed by atoms with Gasteiger partial charge in [-0.3, -0.25) is 0 Å². The highest BCUT2D eigenvalue weighted by atomic mass is 19.1. The molecule has 1 aromatic rings. The molecule has 0 nitrogen and oxygen atoms in total. The van der Waals surface area contributed by atoms with Crippen molar-refractivity contribution in [2.24, 2.45) is 11.8 Å². The molecule has 0 aliphatic heterocycles. The van der Waals surface area contributed by atoms with Gasteiger partial charge in [-0.05, 0) is 47.8 Å². The largest absolute Gasteiger partial charge is 0.207 e. The van der Waals surface area contributed by atoms with E-state index in [1.54, 1.807) is 6.07 Å². The first kappa shape index (κ1) is 12.6. The minimum Gasteiger partial charge on any atom is -0.207 e. The molecular weight excluding hydrogens is 211 g/mol. The Labute approximate surface area is 104 Å². The third kappa shape index (κ3) is 3.31. The molecule has 0 amide bonds. The summed E-state index contributed by atoms with van der Waals surface area (Å²) in [7, 11) is 0. The molecule has 1 aliphatic rings. The maximum absolute atomic E-state index is 13.7. The van der Waals surface area contributed by atoms with Gasteiger partial charge in [-0.15, -0.1) is 0 Å². The first-order chi connectivity index (χ1) is 8.08. The van der Waals surface area contributed by atoms with Gasteiger partial charge < -0.3 is 0 Å². The maximum Gasteiger partial charge on any atom is 0.126 e. The fraction of sp³-hybridized carbons (Fsp3) is 0.625. The summed E-state index contributed by atoms with van der Waals surface area (Å²) in [5.41, 5.74) is 2.20. The molecule has 1 unspecified atom stereocenters. The standard InChI is InChI=1S/C16H23F/c1-11(2)12(3)14-8-9-16(17)15(10-14)7-6-13-4-5-13/h8-13H,4-7H2,1-3H3. The summed E-state index contributed by atoms with van der Waals surface area (Å²) < 4.78 is 13.7. The summed E-state index contributed by atoms with van der Waals surface area (Å²) in [6.45, 7) is 6.67. The Hall–Kier alpha value is -0.850. The van der Waals surface area contributed by atoms with E-state index in [-0.39, 0.29) is 5.82 Å². The van der Waals surface area contributed by atoms with E-state index >= 15 is 0 Å². The molecule has 0 heterocycles. The zero-order chi connectivity index (χ0) is 12.4. The molecule has 0 aromatic heterocycles. The third-order valence-corrected chi connectivity index (χ3v) is 4.11. The molecule has 0 bridgehead atoms. The molecule has 94 valence electrons. The Bertz CT molecular complexity index is 377. The smallest absolute Gasteiger partial charge is 0.126 e. The molecule has 0 saturated heterocycles. The monoisotopic (exact) mass is 234 g/mol. The lowest BCUT2D eigenvalue weighted by Gasteiger charge is -2.17. The van der Waals surface area contributed by atoms with E-state index in [0.717, 1.165) is 24.3 Å². The van der Waals surface area contributed by atoms with E-state index in [1.165, 1.54) is 18.4 Å². The molecule has 2 rings (SSSR count). The van der Waals surface area contributed by atoms with Crippen LogP contribution < -0.4 is 0 Å². The van der Waals surface area contributed by atoms with Crippen molar-refractivity contribution in [3.8, 4) is 0 Å². The predicted octanol–water partition coefficient (Wildman–Crippen LogP) is 4.93. The summed E-state index contributed by atoms with van der Waals surface area (Å²) in [6, 6.07) is 5.68. The normalized spacial score (nSPS) is 17.5. The Morgan fingerprint density at radius 3 is 2.53 bits per heavy atom. The SMILES string of the molecule is CC(C)C(C)c1ccc(F)c(CCC2CC2)c1. The lowest BCUT2D eigenvalue weighted by Crippen LogP contribution is -2.04. The summed E-state index contributed by atoms with van der Waals surface area (Å²) in [6.07, 6.45) is 4.78. The third-order valence-electron chi connectivity index (χ3n) is 4.11. The van der Waals surface area contributed by atoms with E-state index in [2.05, 4.69) is 26.8 Å². The Morgan fingerprint density at radius 2 is 1.94 bits per heavy atom. The van der Waals surface area contributed by atoms with Crippen molar-refractivity contribution in [2.75, 3.05) is 0 Å². The van der Waals surface area contributed by atoms with Gasteiger partial charge in [0.2, 0.25) is 0 Å². The highest BCUT2D eigenvalue weighted by molar-refractivity contribution is 5.28. The van der Waals surface area contributed by atoms with Gasteiger partial charge in [0.1, 0.15) is 5.82 Å². The molecule has 0 radical (unpaired) electrons. The van der Waals surface area contributed by atoms with Crippen LogP contribution in [-0.4, -0.2) is 0 Å². The number of hydrogen-bond acceptors (Lipinski definition) is 0. The highest BCUT2D eigenvalue weighted by Gasteiger charge is 2.21. The lowest BCUT2D eigenvalue weighted by atomic mass is 9.89. The summed E-state index contributed by atoms with van der Waals surface area (Å²) >= 11 is 0. The number of aryl methyl sites for hydroxylation is 1. The van der Waals surface area contributed by atoms with Crippen molar-refractivity contribution in [1.29, 1.82) is 0 Å². The van der Waals surface area contributed by atoms with Crippen LogP contribution in [0.15, 0.2) is 18.2 Å². The van der Waals surface area contributed by atoms with Crippen molar-refractivity contribution < 1.29 is 4.39 Å². The topological polar surface area (TPSA) is 0 Å². The van der Waals surface area contributed by atoms with Gasteiger partial charge in [0.05, 0.1) is 0 Å². The summed E-state index contributed by atoms with van der Waals surface area (Å²) in [5, 5.41) is 0. The fourth-order valence-electron chi connectivity index (χ4n) is 2.22. The van der Waals surface area contributed by atoms with E-state index in [9.17, 15) is 4.39 Å². The zero-order valence-corrected chi connectivity index (χ0v) is 11.2. The van der Waals surface area contributed by atoms with Gasteiger partial charge >= 0.3 is 0 Å². The van der Waals surface area contributed by atoms with Crippen molar-refractivity contribution >= 4 is 0 Å². The fourth-order valence-corrected chi connectivity index (χ4v) is 2.22. The minimum absolute atomic E-state index is 0.0228. The lowest BCUT2D eigenvalue weighted by molar-refractivity contribution is 0.531. The van der Waals surface area contributed by atoms with Crippen molar-refractivity contribution in [1.82, 2.24) is 0 Å². The number of halogens is 1. The predicted molar refractivity (Wildman–Crippen MR) is 70.7 cm³/mol. The second-order valence-corrected chi connectivity index (χ2v) is 5.87. The number of benzene rings is 1. The van der Waals surface area contributed by atoms with Gasteiger partial charge in [-0.2, -0.15) is 0 Å². The Balaban J connectivity index is 2.09. The molecule has 1 aliphatic carbocycles. The Kier molecular flexibility index (Phi) is 3.86. The molecule has 1 heteroatoms. The van der Waals surface area contributed by atoms with E-state index < -0.39 is 0 Å². The average molecular weight is 234 g/mol. The Morgan fingerprint density at radius 1 is 1.24 bits per heavy atom. The van der Waals surface area contributed by atoms with E-state index in [0.29, 0.717) is 11.8 Å². The zero-order valence-electron chi connectivity index (χ0n) is 11.2. The van der Waals surface area contributed by atoms with E-state index in [4.69, 9.17) is 0 Å². The van der Waals surface area contributed by atoms with Gasteiger partial charge in [-0.25, -0.2) is 4.39 Å². The molecule has 0 N–H and O–H groups in total. The summed E-state index contributed by atoms with van der Waals surface area (Å²) in [5.74, 6) is 1.97. The molecule has 1 aromatic carbocycles. The first-order valence-corrected chi connectivity index (χ1v) is 6.86. The molecule has 1 fully saturated rings. The van der Waals surface area contributed by atoms with Crippen molar-refractivity contribution in [3.05, 3.63) is 35.1 Å². The first-order valence-electron chi connectivity index (χ1n) is 6.86. The number of hydrogen-bond donors (Lipinski definition) is 0. The van der Waals surface area contributed by atoms with Crippen LogP contribution in [0, 0.1) is 17.7 Å². The maximum atomic E-state index is 13.7. The molecule has 0 spiro atoms. The minimum atomic E-state index is -0.0228. The second kappa shape index (κ2) is 5.20. The van der Waals surface area contributed by atoms with Gasteiger partial charge in [0, 0.05) is 0 Å². The van der Waals surface area contributed by atoms with Crippen molar-refractivity contribution in [3.63, 3.8) is 0 Å². The van der Waals surface area contributed by atoms with Crippen LogP contribution in [0.25, 0.3) is 0 Å². The van der Waals surface area contributed by atoms with E-state index in [1.807, 2.05) is 6.07 Å². The van der Waals surface area contributed by atoms with Crippen LogP contribution in [0.2, 0.25) is 0 Å². The van der Waals surface area contributed by atoms with Crippen LogP contribution >= 0.6 is 0 Å². The average Bonchev–Trinajstić information content (AvgIpc) is 3.11. The second-order valence-electron chi connectivity index (χ2n) is 5.87. The van der Waals surface area contributed by atoms with Crippen LogP contribution in [0.1, 0.15) is 57.1 Å². The number of rotatable bonds is 5.